The Kier molecular flexibility index (Phi) is 14.9. The van der Waals surface area contributed by atoms with E-state index < -0.39 is 42.2 Å². The molecule has 0 saturated heterocycles. The molecule has 1 aliphatic carbocycles. The molecule has 1 saturated carbocycles. The number of allylic oxidation sites excluding steroid dienone is 2. The summed E-state index contributed by atoms with van der Waals surface area (Å²) in [6, 6.07) is 1.12. The number of carboxylic acids is 1. The lowest BCUT2D eigenvalue weighted by Crippen LogP contribution is -2.48. The van der Waals surface area contributed by atoms with Crippen molar-refractivity contribution in [1.82, 2.24) is 5.32 Å². The van der Waals surface area contributed by atoms with Crippen LogP contribution in [0.25, 0.3) is 0 Å². The molecule has 0 spiro atoms. The Bertz CT molecular complexity index is 1030. The van der Waals surface area contributed by atoms with Crippen LogP contribution >= 0.6 is 0 Å². The molecule has 2 aliphatic rings. The number of esters is 1. The minimum atomic E-state index is -1.08. The van der Waals surface area contributed by atoms with Crippen LogP contribution in [0, 0.1) is 52.8 Å². The quantitative estimate of drug-likeness (QED) is 0.304. The number of cyclic esters (lactones) is 1. The van der Waals surface area contributed by atoms with Crippen LogP contribution in [0.5, 0.6) is 0 Å². The number of ether oxygens (including phenoxy) is 1. The first kappa shape index (κ1) is 36.5. The summed E-state index contributed by atoms with van der Waals surface area (Å²) in [6.45, 7) is 11.8. The first-order valence-corrected chi connectivity index (χ1v) is 16.1. The zero-order chi connectivity index (χ0) is 32.3. The monoisotopic (exact) mass is 602 g/mol. The molecule has 0 aromatic heterocycles. The molecule has 242 valence electrons. The van der Waals surface area contributed by atoms with E-state index in [1.54, 1.807) is 25.2 Å². The maximum absolute atomic E-state index is 13.4. The third kappa shape index (κ3) is 11.1. The third-order valence-corrected chi connectivity index (χ3v) is 9.60. The molecule has 11 atom stereocenters. The van der Waals surface area contributed by atoms with Crippen LogP contribution in [0.4, 0.5) is 0 Å². The number of carboxylic acid groups (broad SMARTS) is 1. The first-order chi connectivity index (χ1) is 20.3. The molecule has 9 heteroatoms. The Balaban J connectivity index is 2.35. The van der Waals surface area contributed by atoms with E-state index in [0.717, 1.165) is 25.7 Å². The predicted octanol–water partition coefficient (Wildman–Crippen LogP) is 5.17. The van der Waals surface area contributed by atoms with Gasteiger partial charge in [0.15, 0.2) is 0 Å². The highest BCUT2D eigenvalue weighted by atomic mass is 16.5. The highest BCUT2D eigenvalue weighted by molar-refractivity contribution is 5.85. The minimum Gasteiger partial charge on any atom is -0.480 e. The van der Waals surface area contributed by atoms with Crippen LogP contribution < -0.4 is 5.32 Å². The van der Waals surface area contributed by atoms with Gasteiger partial charge in [0, 0.05) is 18.3 Å². The molecule has 1 amide bonds. The fourth-order valence-electron chi connectivity index (χ4n) is 6.93. The molecule has 1 aliphatic heterocycles. The van der Waals surface area contributed by atoms with Crippen molar-refractivity contribution in [3.05, 3.63) is 23.8 Å². The number of aliphatic hydroxyl groups is 2. The zero-order valence-corrected chi connectivity index (χ0v) is 26.9. The van der Waals surface area contributed by atoms with E-state index in [0.29, 0.717) is 31.1 Å². The van der Waals surface area contributed by atoms with Gasteiger partial charge in [-0.15, -0.1) is 0 Å². The van der Waals surface area contributed by atoms with E-state index in [1.165, 1.54) is 0 Å². The van der Waals surface area contributed by atoms with E-state index in [9.17, 15) is 35.0 Å². The molecule has 4 N–H and O–H groups in total. The van der Waals surface area contributed by atoms with Gasteiger partial charge in [-0.3, -0.25) is 9.59 Å². The molecule has 0 unspecified atom stereocenters. The molecular formula is C34H54N2O7. The SMILES string of the molecule is CC[C@H](C)[C@H](NC(=O)[C@@H]1CCC[C@H]1[C@@H]1C/C=C/C=C(/C#N)[C@H](O)[C@@H](C)C[C@H](C)C[C@H](C)C[C@H](C)[C@@H](O)CC(=O)O1)C(=O)O. The number of hydrogen-bond donors (Lipinski definition) is 4. The number of aliphatic hydroxyl groups excluding tert-OH is 2. The third-order valence-electron chi connectivity index (χ3n) is 9.60. The molecule has 1 fully saturated rings. The van der Waals surface area contributed by atoms with Gasteiger partial charge in [0.25, 0.3) is 0 Å². The van der Waals surface area contributed by atoms with E-state index in [4.69, 9.17) is 4.74 Å². The number of nitriles is 1. The summed E-state index contributed by atoms with van der Waals surface area (Å²) in [7, 11) is 0. The second-order valence-electron chi connectivity index (χ2n) is 13.4. The number of nitrogens with zero attached hydrogens (tertiary/aromatic N) is 1. The number of carbonyl (C=O) groups is 3. The average molecular weight is 603 g/mol. The van der Waals surface area contributed by atoms with Crippen LogP contribution in [0.2, 0.25) is 0 Å². The van der Waals surface area contributed by atoms with Crippen LogP contribution in [-0.4, -0.2) is 57.5 Å². The standard InChI is InChI=1S/C34H54N2O7/c1-7-22(4)31(34(41)42)36-33(40)27-13-10-12-26(27)29-14-9-8-11-25(19-35)32(39)24(6)17-21(3)15-20(2)16-23(5)28(37)18-30(38)43-29/h8-9,11,20-24,26-29,31-32,37,39H,7,10,12-18H2,1-6H3,(H,36,40)(H,41,42)/b9-8+,25-11-/t20-,21+,22-,23-,24-,26+,27+,28-,29-,31-,32+/m0/s1. The largest absolute Gasteiger partial charge is 0.480 e. The predicted molar refractivity (Wildman–Crippen MR) is 164 cm³/mol. The number of nitrogens with one attached hydrogen (secondary N) is 1. The molecule has 0 aromatic rings. The highest BCUT2D eigenvalue weighted by Crippen LogP contribution is 2.38. The van der Waals surface area contributed by atoms with Gasteiger partial charge in [-0.1, -0.05) is 66.5 Å². The lowest BCUT2D eigenvalue weighted by atomic mass is 9.82. The lowest BCUT2D eigenvalue weighted by Gasteiger charge is -2.30. The molecule has 9 nitrogen and oxygen atoms in total. The van der Waals surface area contributed by atoms with Crippen molar-refractivity contribution < 1.29 is 34.4 Å². The van der Waals surface area contributed by atoms with E-state index in [-0.39, 0.29) is 48.0 Å². The van der Waals surface area contributed by atoms with Crippen molar-refractivity contribution in [2.45, 2.75) is 124 Å². The molecule has 0 aromatic carbocycles. The van der Waals surface area contributed by atoms with Gasteiger partial charge in [-0.05, 0) is 67.8 Å². The van der Waals surface area contributed by atoms with Gasteiger partial charge in [-0.2, -0.15) is 5.26 Å². The topological polar surface area (TPSA) is 157 Å². The average Bonchev–Trinajstić information content (AvgIpc) is 3.43. The number of hydrogen-bond acceptors (Lipinski definition) is 7. The van der Waals surface area contributed by atoms with E-state index in [1.807, 2.05) is 20.8 Å². The summed E-state index contributed by atoms with van der Waals surface area (Å²) < 4.78 is 5.95. The number of carbonyl (C=O) groups excluding carboxylic acids is 2. The Morgan fingerprint density at radius 3 is 2.35 bits per heavy atom. The summed E-state index contributed by atoms with van der Waals surface area (Å²) >= 11 is 0. The second kappa shape index (κ2) is 17.6. The maximum atomic E-state index is 13.4. The van der Waals surface area contributed by atoms with Crippen molar-refractivity contribution in [3.8, 4) is 6.07 Å². The van der Waals surface area contributed by atoms with Crippen molar-refractivity contribution >= 4 is 17.8 Å². The van der Waals surface area contributed by atoms with Crippen LogP contribution in [0.3, 0.4) is 0 Å². The van der Waals surface area contributed by atoms with Crippen molar-refractivity contribution in [2.24, 2.45) is 41.4 Å². The Labute approximate surface area is 257 Å². The fourth-order valence-corrected chi connectivity index (χ4v) is 6.93. The zero-order valence-electron chi connectivity index (χ0n) is 26.9. The normalized spacial score (nSPS) is 36.9. The fraction of sp³-hybridized carbons (Fsp3) is 0.765. The molecule has 1 heterocycles. The summed E-state index contributed by atoms with van der Waals surface area (Å²) in [5.41, 5.74) is 0.262. The van der Waals surface area contributed by atoms with Crippen LogP contribution in [-0.2, 0) is 19.1 Å². The van der Waals surface area contributed by atoms with Gasteiger partial charge >= 0.3 is 11.9 Å². The second-order valence-corrected chi connectivity index (χ2v) is 13.4. The Hall–Kier alpha value is -2.70. The summed E-state index contributed by atoms with van der Waals surface area (Å²) in [5, 5.41) is 43.9. The van der Waals surface area contributed by atoms with Crippen molar-refractivity contribution in [2.75, 3.05) is 0 Å². The lowest BCUT2D eigenvalue weighted by molar-refractivity contribution is -0.157. The van der Waals surface area contributed by atoms with Crippen LogP contribution in [0.1, 0.15) is 99.3 Å². The Morgan fingerprint density at radius 1 is 1.09 bits per heavy atom. The molecule has 0 bridgehead atoms. The summed E-state index contributed by atoms with van der Waals surface area (Å²) in [6.07, 6.45) is 7.63. The molecule has 43 heavy (non-hydrogen) atoms. The molecule has 2 rings (SSSR count). The maximum Gasteiger partial charge on any atom is 0.326 e. The smallest absolute Gasteiger partial charge is 0.326 e. The summed E-state index contributed by atoms with van der Waals surface area (Å²) in [5.74, 6) is -2.68. The van der Waals surface area contributed by atoms with Gasteiger partial charge < -0.3 is 25.4 Å². The number of rotatable bonds is 6. The van der Waals surface area contributed by atoms with E-state index >= 15 is 0 Å². The van der Waals surface area contributed by atoms with Crippen LogP contribution in [0.15, 0.2) is 23.8 Å². The molecular weight excluding hydrogens is 548 g/mol. The van der Waals surface area contributed by atoms with Crippen molar-refractivity contribution in [1.29, 1.82) is 5.26 Å². The highest BCUT2D eigenvalue weighted by Gasteiger charge is 2.41. The molecule has 0 radical (unpaired) electrons. The summed E-state index contributed by atoms with van der Waals surface area (Å²) in [4.78, 5) is 38.3. The Morgan fingerprint density at radius 2 is 1.74 bits per heavy atom. The van der Waals surface area contributed by atoms with Gasteiger partial charge in [0.1, 0.15) is 12.1 Å². The number of amides is 1. The number of aliphatic carboxylic acids is 1. The van der Waals surface area contributed by atoms with E-state index in [2.05, 4.69) is 25.2 Å². The van der Waals surface area contributed by atoms with Gasteiger partial charge in [-0.25, -0.2) is 4.79 Å². The van der Waals surface area contributed by atoms with Crippen molar-refractivity contribution in [3.63, 3.8) is 0 Å². The first-order valence-electron chi connectivity index (χ1n) is 16.1. The minimum absolute atomic E-state index is 0.111. The van der Waals surface area contributed by atoms with Gasteiger partial charge in [0.2, 0.25) is 5.91 Å². The van der Waals surface area contributed by atoms with Gasteiger partial charge in [0.05, 0.1) is 30.3 Å².